The summed E-state index contributed by atoms with van der Waals surface area (Å²) in [4.78, 5) is 3.74. The predicted molar refractivity (Wildman–Crippen MR) is 55.6 cm³/mol. The molecule has 4 N–H and O–H groups in total. The first-order chi connectivity index (χ1) is 5.87. The second-order valence-electron chi connectivity index (χ2n) is 4.06. The van der Waals surface area contributed by atoms with Crippen molar-refractivity contribution in [3.05, 3.63) is 0 Å². The first-order valence-electron chi connectivity index (χ1n) is 4.56. The van der Waals surface area contributed by atoms with Crippen molar-refractivity contribution in [3.8, 4) is 0 Å². The molecule has 4 heteroatoms. The van der Waals surface area contributed by atoms with Gasteiger partial charge in [-0.15, -0.1) is 0 Å². The fourth-order valence-corrected chi connectivity index (χ4v) is 1.31. The van der Waals surface area contributed by atoms with Gasteiger partial charge in [-0.25, -0.2) is 0 Å². The second kappa shape index (κ2) is 5.07. The zero-order chi connectivity index (χ0) is 10.5. The number of aliphatic imine (C=N–C) groups is 1. The van der Waals surface area contributed by atoms with Crippen molar-refractivity contribution < 1.29 is 5.11 Å². The molecule has 0 amide bonds. The third-order valence-electron chi connectivity index (χ3n) is 1.74. The van der Waals surface area contributed by atoms with E-state index in [0.29, 0.717) is 18.4 Å². The third-order valence-corrected chi connectivity index (χ3v) is 1.74. The van der Waals surface area contributed by atoms with Gasteiger partial charge in [-0.05, 0) is 19.3 Å². The van der Waals surface area contributed by atoms with Crippen LogP contribution in [-0.4, -0.2) is 30.3 Å². The standard InChI is InChI=1S/C9H21N3O/c1-7(2)5-9(3,13)6-12-8(10)11-4/h7,13H,5-6H2,1-4H3,(H3,10,11,12). The number of hydrogen-bond acceptors (Lipinski definition) is 2. The number of guanidine groups is 1. The first kappa shape index (κ1) is 12.2. The van der Waals surface area contributed by atoms with E-state index >= 15 is 0 Å². The van der Waals surface area contributed by atoms with Crippen molar-refractivity contribution in [2.24, 2.45) is 16.6 Å². The van der Waals surface area contributed by atoms with Crippen LogP contribution in [0.4, 0.5) is 0 Å². The lowest BCUT2D eigenvalue weighted by Crippen LogP contribution is -2.44. The molecule has 0 aromatic carbocycles. The van der Waals surface area contributed by atoms with Crippen LogP contribution in [0.5, 0.6) is 0 Å². The minimum Gasteiger partial charge on any atom is -0.388 e. The molecule has 0 aliphatic carbocycles. The zero-order valence-corrected chi connectivity index (χ0v) is 8.96. The van der Waals surface area contributed by atoms with Gasteiger partial charge in [0.2, 0.25) is 0 Å². The van der Waals surface area contributed by atoms with E-state index in [2.05, 4.69) is 24.2 Å². The summed E-state index contributed by atoms with van der Waals surface area (Å²) in [5, 5.41) is 12.7. The van der Waals surface area contributed by atoms with Crippen LogP contribution < -0.4 is 11.1 Å². The van der Waals surface area contributed by atoms with E-state index in [1.165, 1.54) is 0 Å². The van der Waals surface area contributed by atoms with Crippen molar-refractivity contribution in [3.63, 3.8) is 0 Å². The number of hydrogen-bond donors (Lipinski definition) is 3. The van der Waals surface area contributed by atoms with E-state index in [1.54, 1.807) is 14.0 Å². The van der Waals surface area contributed by atoms with Crippen LogP contribution in [0.15, 0.2) is 4.99 Å². The lowest BCUT2D eigenvalue weighted by molar-refractivity contribution is 0.0429. The van der Waals surface area contributed by atoms with Gasteiger partial charge in [0.15, 0.2) is 5.96 Å². The largest absolute Gasteiger partial charge is 0.388 e. The van der Waals surface area contributed by atoms with Gasteiger partial charge in [0.1, 0.15) is 0 Å². The van der Waals surface area contributed by atoms with Gasteiger partial charge >= 0.3 is 0 Å². The Kier molecular flexibility index (Phi) is 4.77. The smallest absolute Gasteiger partial charge is 0.188 e. The average Bonchev–Trinajstić information content (AvgIpc) is 1.98. The molecular weight excluding hydrogens is 166 g/mol. The molecule has 0 rings (SSSR count). The maximum Gasteiger partial charge on any atom is 0.188 e. The lowest BCUT2D eigenvalue weighted by Gasteiger charge is -2.25. The summed E-state index contributed by atoms with van der Waals surface area (Å²) in [6.07, 6.45) is 0.747. The molecule has 0 radical (unpaired) electrons. The highest BCUT2D eigenvalue weighted by Gasteiger charge is 2.21. The van der Waals surface area contributed by atoms with Crippen LogP contribution in [0.1, 0.15) is 27.2 Å². The summed E-state index contributed by atoms with van der Waals surface area (Å²) in [5.41, 5.74) is 4.72. The van der Waals surface area contributed by atoms with E-state index in [0.717, 1.165) is 6.42 Å². The molecule has 13 heavy (non-hydrogen) atoms. The normalized spacial score (nSPS) is 17.2. The minimum absolute atomic E-state index is 0.365. The highest BCUT2D eigenvalue weighted by atomic mass is 16.3. The Labute approximate surface area is 80.2 Å². The van der Waals surface area contributed by atoms with Crippen LogP contribution in [0.2, 0.25) is 0 Å². The molecule has 78 valence electrons. The quantitative estimate of drug-likeness (QED) is 0.438. The van der Waals surface area contributed by atoms with Gasteiger partial charge in [0.05, 0.1) is 5.60 Å². The van der Waals surface area contributed by atoms with Gasteiger partial charge in [-0.1, -0.05) is 13.8 Å². The summed E-state index contributed by atoms with van der Waals surface area (Å²) in [6, 6.07) is 0. The molecule has 0 aromatic heterocycles. The minimum atomic E-state index is -0.719. The predicted octanol–water partition coefficient (Wildman–Crippen LogP) is 0.318. The number of nitrogens with one attached hydrogen (secondary N) is 1. The number of nitrogens with two attached hydrogens (primary N) is 1. The number of rotatable bonds is 4. The van der Waals surface area contributed by atoms with Crippen LogP contribution in [0.25, 0.3) is 0 Å². The van der Waals surface area contributed by atoms with Crippen LogP contribution in [0.3, 0.4) is 0 Å². The Morgan fingerprint density at radius 3 is 2.54 bits per heavy atom. The summed E-state index contributed by atoms with van der Waals surface area (Å²) >= 11 is 0. The molecule has 0 aromatic rings. The summed E-state index contributed by atoms with van der Waals surface area (Å²) in [6.45, 7) is 6.38. The highest BCUT2D eigenvalue weighted by Crippen LogP contribution is 2.14. The topological polar surface area (TPSA) is 70.6 Å². The summed E-state index contributed by atoms with van der Waals surface area (Å²) < 4.78 is 0. The van der Waals surface area contributed by atoms with Gasteiger partial charge < -0.3 is 16.2 Å². The molecular formula is C9H21N3O. The Bertz CT molecular complexity index is 176. The average molecular weight is 187 g/mol. The third kappa shape index (κ3) is 6.40. The molecule has 4 nitrogen and oxygen atoms in total. The first-order valence-corrected chi connectivity index (χ1v) is 4.56. The number of aliphatic hydroxyl groups is 1. The molecule has 0 aliphatic heterocycles. The Balaban J connectivity index is 3.88. The molecule has 0 bridgehead atoms. The highest BCUT2D eigenvalue weighted by molar-refractivity contribution is 5.77. The molecule has 0 saturated heterocycles. The Morgan fingerprint density at radius 1 is 1.62 bits per heavy atom. The molecule has 0 saturated carbocycles. The van der Waals surface area contributed by atoms with Gasteiger partial charge in [0, 0.05) is 13.6 Å². The van der Waals surface area contributed by atoms with Crippen molar-refractivity contribution in [1.29, 1.82) is 0 Å². The molecule has 1 atom stereocenters. The Morgan fingerprint density at radius 2 is 2.15 bits per heavy atom. The fraction of sp³-hybridized carbons (Fsp3) is 0.889. The van der Waals surface area contributed by atoms with Crippen molar-refractivity contribution in [2.75, 3.05) is 13.6 Å². The van der Waals surface area contributed by atoms with E-state index in [1.807, 2.05) is 0 Å². The van der Waals surface area contributed by atoms with Crippen LogP contribution in [0, 0.1) is 5.92 Å². The van der Waals surface area contributed by atoms with Crippen molar-refractivity contribution in [2.45, 2.75) is 32.8 Å². The molecule has 0 aliphatic rings. The van der Waals surface area contributed by atoms with Crippen LogP contribution in [-0.2, 0) is 0 Å². The SMILES string of the molecule is CN=C(N)NCC(C)(O)CC(C)C. The fourth-order valence-electron chi connectivity index (χ4n) is 1.31. The lowest BCUT2D eigenvalue weighted by atomic mass is 9.94. The summed E-state index contributed by atoms with van der Waals surface area (Å²) in [5.74, 6) is 0.834. The zero-order valence-electron chi connectivity index (χ0n) is 8.96. The molecule has 0 fully saturated rings. The van der Waals surface area contributed by atoms with E-state index in [-0.39, 0.29) is 0 Å². The van der Waals surface area contributed by atoms with E-state index in [9.17, 15) is 5.11 Å². The van der Waals surface area contributed by atoms with Gasteiger partial charge in [-0.2, -0.15) is 0 Å². The monoisotopic (exact) mass is 187 g/mol. The van der Waals surface area contributed by atoms with E-state index < -0.39 is 5.60 Å². The molecule has 0 heterocycles. The Hall–Kier alpha value is -0.770. The maximum atomic E-state index is 9.86. The maximum absolute atomic E-state index is 9.86. The van der Waals surface area contributed by atoms with Crippen molar-refractivity contribution in [1.82, 2.24) is 5.32 Å². The van der Waals surface area contributed by atoms with Gasteiger partial charge in [-0.3, -0.25) is 4.99 Å². The van der Waals surface area contributed by atoms with Crippen LogP contribution >= 0.6 is 0 Å². The van der Waals surface area contributed by atoms with Crippen molar-refractivity contribution >= 4 is 5.96 Å². The number of nitrogens with zero attached hydrogens (tertiary/aromatic N) is 1. The van der Waals surface area contributed by atoms with E-state index in [4.69, 9.17) is 5.73 Å². The molecule has 1 unspecified atom stereocenters. The van der Waals surface area contributed by atoms with Gasteiger partial charge in [0.25, 0.3) is 0 Å². The second-order valence-corrected chi connectivity index (χ2v) is 4.06. The summed E-state index contributed by atoms with van der Waals surface area (Å²) in [7, 11) is 1.61. The molecule has 0 spiro atoms.